The van der Waals surface area contributed by atoms with Gasteiger partial charge in [-0.15, -0.1) is 0 Å². The van der Waals surface area contributed by atoms with E-state index in [1.165, 1.54) is 25.1 Å². The largest absolute Gasteiger partial charge is 0.291 e. The number of benzene rings is 1. The first-order chi connectivity index (χ1) is 7.57. The summed E-state index contributed by atoms with van der Waals surface area (Å²) in [5.41, 5.74) is 0.112. The van der Waals surface area contributed by atoms with Crippen LogP contribution >= 0.6 is 39.1 Å². The Morgan fingerprint density at radius 3 is 2.29 bits per heavy atom. The van der Waals surface area contributed by atoms with Crippen LogP contribution in [0.25, 0.3) is 0 Å². The average molecular weight is 360 g/mol. The number of hydrogen-bond acceptors (Lipinski definition) is 3. The second-order valence-electron chi connectivity index (χ2n) is 3.64. The van der Waals surface area contributed by atoms with Gasteiger partial charge in [0.2, 0.25) is 0 Å². The highest BCUT2D eigenvalue weighted by atomic mass is 79.9. The molecule has 0 aliphatic rings. The van der Waals surface area contributed by atoms with Gasteiger partial charge in [0, 0.05) is 16.8 Å². The topological polar surface area (TPSA) is 51.2 Å². The lowest BCUT2D eigenvalue weighted by molar-refractivity contribution is 0.0983. The van der Waals surface area contributed by atoms with Crippen molar-refractivity contribution in [3.05, 3.63) is 33.8 Å². The quantitative estimate of drug-likeness (QED) is 0.614. The van der Waals surface area contributed by atoms with Crippen LogP contribution in [0, 0.1) is 0 Å². The van der Waals surface area contributed by atoms with Gasteiger partial charge in [0.25, 0.3) is 0 Å². The molecule has 0 N–H and O–H groups in total. The molecule has 0 aliphatic carbocycles. The van der Waals surface area contributed by atoms with E-state index in [1.807, 2.05) is 0 Å². The Hall–Kier alpha value is -0.100. The van der Waals surface area contributed by atoms with E-state index in [0.717, 1.165) is 6.26 Å². The normalized spacial score (nSPS) is 15.4. The molecule has 7 heteroatoms. The van der Waals surface area contributed by atoms with Gasteiger partial charge in [-0.2, -0.15) is 0 Å². The molecule has 1 aromatic carbocycles. The zero-order chi connectivity index (χ0) is 13.4. The minimum absolute atomic E-state index is 0.112. The molecule has 17 heavy (non-hydrogen) atoms. The van der Waals surface area contributed by atoms with Crippen molar-refractivity contribution in [1.29, 1.82) is 0 Å². The summed E-state index contributed by atoms with van der Waals surface area (Å²) in [6, 6.07) is 4.27. The molecule has 0 spiro atoms. The maximum atomic E-state index is 12.1. The summed E-state index contributed by atoms with van der Waals surface area (Å²) in [5.74, 6) is -0.623. The van der Waals surface area contributed by atoms with Crippen LogP contribution in [0.15, 0.2) is 18.2 Å². The number of sulfone groups is 1. The Labute approximate surface area is 118 Å². The smallest absolute Gasteiger partial charge is 0.195 e. The van der Waals surface area contributed by atoms with Crippen molar-refractivity contribution in [3.8, 4) is 0 Å². The van der Waals surface area contributed by atoms with Gasteiger partial charge < -0.3 is 0 Å². The Morgan fingerprint density at radius 1 is 1.35 bits per heavy atom. The van der Waals surface area contributed by atoms with E-state index in [4.69, 9.17) is 23.2 Å². The fourth-order valence-corrected chi connectivity index (χ4v) is 2.24. The maximum absolute atomic E-state index is 12.1. The highest BCUT2D eigenvalue weighted by Gasteiger charge is 2.41. The first-order valence-corrected chi connectivity index (χ1v) is 7.90. The third kappa shape index (κ3) is 3.02. The zero-order valence-corrected chi connectivity index (χ0v) is 12.9. The van der Waals surface area contributed by atoms with E-state index >= 15 is 0 Å². The Morgan fingerprint density at radius 2 is 1.88 bits per heavy atom. The van der Waals surface area contributed by atoms with Crippen molar-refractivity contribution in [1.82, 2.24) is 0 Å². The lowest BCUT2D eigenvalue weighted by Crippen LogP contribution is -2.37. The van der Waals surface area contributed by atoms with Gasteiger partial charge in [-0.3, -0.25) is 4.79 Å². The summed E-state index contributed by atoms with van der Waals surface area (Å²) >= 11 is 14.5. The van der Waals surface area contributed by atoms with Gasteiger partial charge >= 0.3 is 0 Å². The summed E-state index contributed by atoms with van der Waals surface area (Å²) in [7, 11) is -3.60. The maximum Gasteiger partial charge on any atom is 0.195 e. The minimum atomic E-state index is -3.60. The van der Waals surface area contributed by atoms with Crippen LogP contribution in [-0.2, 0) is 9.84 Å². The molecule has 0 aliphatic heterocycles. The highest BCUT2D eigenvalue weighted by molar-refractivity contribution is 9.12. The molecule has 1 atom stereocenters. The molecule has 0 aromatic heterocycles. The van der Waals surface area contributed by atoms with Crippen molar-refractivity contribution < 1.29 is 13.2 Å². The van der Waals surface area contributed by atoms with E-state index in [1.54, 1.807) is 0 Å². The summed E-state index contributed by atoms with van der Waals surface area (Å²) in [4.78, 5) is 12.1. The minimum Gasteiger partial charge on any atom is -0.291 e. The van der Waals surface area contributed by atoms with Crippen LogP contribution in [-0.4, -0.2) is 24.1 Å². The van der Waals surface area contributed by atoms with Gasteiger partial charge in [-0.1, -0.05) is 39.1 Å². The Balaban J connectivity index is 3.32. The fourth-order valence-electron chi connectivity index (χ4n) is 1.08. The van der Waals surface area contributed by atoms with Gasteiger partial charge in [-0.25, -0.2) is 8.42 Å². The summed E-state index contributed by atoms with van der Waals surface area (Å²) in [6.07, 6.45) is 0.976. The molecular formula is C10H9BrCl2O3S. The molecule has 0 saturated carbocycles. The van der Waals surface area contributed by atoms with Crippen molar-refractivity contribution in [2.75, 3.05) is 6.26 Å². The SMILES string of the molecule is C[C@@](Br)(C(=O)c1ccc(Cl)cc1Cl)S(C)(=O)=O. The molecule has 94 valence electrons. The molecule has 0 fully saturated rings. The lowest BCUT2D eigenvalue weighted by atomic mass is 10.1. The van der Waals surface area contributed by atoms with Crippen molar-refractivity contribution in [3.63, 3.8) is 0 Å². The second-order valence-corrected chi connectivity index (χ2v) is 8.96. The number of rotatable bonds is 3. The first kappa shape index (κ1) is 15.0. The highest BCUT2D eigenvalue weighted by Crippen LogP contribution is 2.32. The number of carbonyl (C=O) groups excluding carboxylic acids is 1. The lowest BCUT2D eigenvalue weighted by Gasteiger charge is -2.19. The summed E-state index contributed by atoms with van der Waals surface area (Å²) in [5, 5.41) is 0.499. The van der Waals surface area contributed by atoms with Crippen LogP contribution in [0.2, 0.25) is 10.0 Å². The average Bonchev–Trinajstić information content (AvgIpc) is 2.14. The molecular weight excluding hydrogens is 351 g/mol. The molecule has 0 unspecified atom stereocenters. The summed E-state index contributed by atoms with van der Waals surface area (Å²) in [6.45, 7) is 1.27. The van der Waals surface area contributed by atoms with Gasteiger partial charge in [-0.05, 0) is 25.1 Å². The summed E-state index contributed by atoms with van der Waals surface area (Å²) < 4.78 is 21.3. The van der Waals surface area contributed by atoms with E-state index in [9.17, 15) is 13.2 Å². The number of alkyl halides is 1. The number of carbonyl (C=O) groups is 1. The van der Waals surface area contributed by atoms with E-state index in [0.29, 0.717) is 5.02 Å². The van der Waals surface area contributed by atoms with Crippen LogP contribution in [0.3, 0.4) is 0 Å². The molecule has 3 nitrogen and oxygen atoms in total. The van der Waals surface area contributed by atoms with Crippen LogP contribution in [0.4, 0.5) is 0 Å². The first-order valence-electron chi connectivity index (χ1n) is 4.45. The number of ketones is 1. The van der Waals surface area contributed by atoms with E-state index in [-0.39, 0.29) is 10.6 Å². The Kier molecular flexibility index (Phi) is 4.29. The third-order valence-electron chi connectivity index (χ3n) is 2.28. The standard InChI is InChI=1S/C10H9BrCl2O3S/c1-10(11,17(2,15)16)9(14)7-4-3-6(12)5-8(7)13/h3-5H,1-2H3/t10-/m0/s1. The van der Waals surface area contributed by atoms with Crippen molar-refractivity contribution >= 4 is 54.8 Å². The van der Waals surface area contributed by atoms with Gasteiger partial charge in [0.1, 0.15) is 0 Å². The van der Waals surface area contributed by atoms with E-state index in [2.05, 4.69) is 15.9 Å². The predicted molar refractivity (Wildman–Crippen MR) is 73.0 cm³/mol. The monoisotopic (exact) mass is 358 g/mol. The van der Waals surface area contributed by atoms with Crippen molar-refractivity contribution in [2.45, 2.75) is 10.6 Å². The van der Waals surface area contributed by atoms with E-state index < -0.39 is 19.3 Å². The van der Waals surface area contributed by atoms with Crippen molar-refractivity contribution in [2.24, 2.45) is 0 Å². The molecule has 1 aromatic rings. The fraction of sp³-hybridized carbons (Fsp3) is 0.300. The number of hydrogen-bond donors (Lipinski definition) is 0. The van der Waals surface area contributed by atoms with Crippen LogP contribution in [0.5, 0.6) is 0 Å². The number of Topliss-reactive ketones (excluding diaryl/α,β-unsaturated/α-hetero) is 1. The number of halogens is 3. The molecule has 0 radical (unpaired) electrons. The van der Waals surface area contributed by atoms with Crippen LogP contribution in [0.1, 0.15) is 17.3 Å². The molecule has 0 bridgehead atoms. The third-order valence-corrected chi connectivity index (χ3v) is 6.53. The van der Waals surface area contributed by atoms with Gasteiger partial charge in [0.05, 0.1) is 5.02 Å². The van der Waals surface area contributed by atoms with Crippen LogP contribution < -0.4 is 0 Å². The Bertz CT molecular complexity index is 567. The molecule has 0 saturated heterocycles. The van der Waals surface area contributed by atoms with Gasteiger partial charge in [0.15, 0.2) is 19.3 Å². The predicted octanol–water partition coefficient (Wildman–Crippen LogP) is 3.33. The molecule has 0 heterocycles. The second kappa shape index (κ2) is 4.88. The molecule has 1 rings (SSSR count). The zero-order valence-electron chi connectivity index (χ0n) is 9.00. The molecule has 0 amide bonds.